The lowest BCUT2D eigenvalue weighted by atomic mass is 10.1. The second kappa shape index (κ2) is 5.51. The van der Waals surface area contributed by atoms with Crippen LogP contribution >= 0.6 is 0 Å². The Labute approximate surface area is 117 Å². The Bertz CT molecular complexity index is 633. The number of hydrogen-bond acceptors (Lipinski definition) is 4. The van der Waals surface area contributed by atoms with Gasteiger partial charge in [0.25, 0.3) is 0 Å². The molecule has 0 amide bonds. The van der Waals surface area contributed by atoms with Crippen molar-refractivity contribution in [3.05, 3.63) is 42.0 Å². The van der Waals surface area contributed by atoms with Gasteiger partial charge < -0.3 is 15.2 Å². The van der Waals surface area contributed by atoms with E-state index in [-0.39, 0.29) is 12.1 Å². The van der Waals surface area contributed by atoms with Gasteiger partial charge in [-0.3, -0.25) is 0 Å². The fraction of sp³-hybridized carbons (Fsp3) is 0.312. The van der Waals surface area contributed by atoms with E-state index >= 15 is 0 Å². The van der Waals surface area contributed by atoms with Crippen LogP contribution < -0.4 is 5.73 Å². The molecule has 1 fully saturated rings. The van der Waals surface area contributed by atoms with Gasteiger partial charge in [-0.1, -0.05) is 24.3 Å². The van der Waals surface area contributed by atoms with Crippen LogP contribution in [-0.4, -0.2) is 25.3 Å². The molecule has 0 spiro atoms. The van der Waals surface area contributed by atoms with Gasteiger partial charge in [-0.05, 0) is 35.7 Å². The molecule has 1 aliphatic heterocycles. The summed E-state index contributed by atoms with van der Waals surface area (Å²) in [6, 6.07) is 11.4. The first kappa shape index (κ1) is 12.9. The lowest BCUT2D eigenvalue weighted by molar-refractivity contribution is 0.0162. The molecule has 2 N–H and O–H groups in total. The van der Waals surface area contributed by atoms with E-state index in [1.165, 1.54) is 0 Å². The van der Waals surface area contributed by atoms with Crippen LogP contribution in [0.25, 0.3) is 10.8 Å². The molecular weight excluding hydrogens is 254 g/mol. The van der Waals surface area contributed by atoms with Crippen LogP contribution in [0.5, 0.6) is 0 Å². The molecule has 1 saturated heterocycles. The normalized spacial score (nSPS) is 18.3. The lowest BCUT2D eigenvalue weighted by Gasteiger charge is -2.12. The Balaban J connectivity index is 1.77. The highest BCUT2D eigenvalue weighted by atomic mass is 16.6. The van der Waals surface area contributed by atoms with Crippen LogP contribution in [0.2, 0.25) is 0 Å². The van der Waals surface area contributed by atoms with Gasteiger partial charge in [0.2, 0.25) is 0 Å². The number of fused-ring (bicyclic) bond motifs is 1. The monoisotopic (exact) mass is 271 g/mol. The molecule has 2 aromatic rings. The van der Waals surface area contributed by atoms with Crippen molar-refractivity contribution in [1.82, 2.24) is 0 Å². The molecule has 0 aromatic heterocycles. The van der Waals surface area contributed by atoms with Gasteiger partial charge >= 0.3 is 5.97 Å². The molecule has 1 aliphatic rings. The summed E-state index contributed by atoms with van der Waals surface area (Å²) in [7, 11) is 0. The van der Waals surface area contributed by atoms with Crippen LogP contribution in [0.1, 0.15) is 23.2 Å². The molecule has 3 rings (SSSR count). The van der Waals surface area contributed by atoms with E-state index in [1.54, 1.807) is 12.1 Å². The van der Waals surface area contributed by atoms with E-state index in [1.807, 2.05) is 24.3 Å². The number of carbonyl (C=O) groups is 1. The van der Waals surface area contributed by atoms with E-state index in [9.17, 15) is 4.79 Å². The average Bonchev–Trinajstić information content (AvgIpc) is 2.97. The van der Waals surface area contributed by atoms with E-state index in [0.717, 1.165) is 30.2 Å². The Kier molecular flexibility index (Phi) is 3.56. The summed E-state index contributed by atoms with van der Waals surface area (Å²) in [5, 5.41) is 1.99. The number of ether oxygens (including phenoxy) is 2. The first-order valence-corrected chi connectivity index (χ1v) is 6.81. The summed E-state index contributed by atoms with van der Waals surface area (Å²) in [5.41, 5.74) is 6.80. The third kappa shape index (κ3) is 2.60. The fourth-order valence-corrected chi connectivity index (χ4v) is 2.46. The standard InChI is InChI=1S/C16H17NO3/c17-15-9-12-5-2-1-4-11(12)8-14(15)16(18)20-10-13-6-3-7-19-13/h1-2,4-5,8-9,13H,3,6-7,10,17H2. The van der Waals surface area contributed by atoms with Crippen molar-refractivity contribution in [3.63, 3.8) is 0 Å². The summed E-state index contributed by atoms with van der Waals surface area (Å²) in [6.07, 6.45) is 2.00. The van der Waals surface area contributed by atoms with Crippen LogP contribution in [-0.2, 0) is 9.47 Å². The zero-order valence-corrected chi connectivity index (χ0v) is 11.2. The van der Waals surface area contributed by atoms with Crippen LogP contribution in [0, 0.1) is 0 Å². The van der Waals surface area contributed by atoms with E-state index in [4.69, 9.17) is 15.2 Å². The Morgan fingerprint density at radius 2 is 2.05 bits per heavy atom. The molecule has 20 heavy (non-hydrogen) atoms. The third-order valence-electron chi connectivity index (χ3n) is 3.56. The highest BCUT2D eigenvalue weighted by molar-refractivity contribution is 6.01. The van der Waals surface area contributed by atoms with E-state index in [2.05, 4.69) is 0 Å². The Morgan fingerprint density at radius 3 is 2.75 bits per heavy atom. The maximum absolute atomic E-state index is 12.1. The van der Waals surface area contributed by atoms with Crippen molar-refractivity contribution in [2.24, 2.45) is 0 Å². The van der Waals surface area contributed by atoms with Crippen molar-refractivity contribution in [2.75, 3.05) is 18.9 Å². The maximum atomic E-state index is 12.1. The van der Waals surface area contributed by atoms with Gasteiger partial charge in [-0.25, -0.2) is 4.79 Å². The zero-order valence-electron chi connectivity index (χ0n) is 11.2. The molecular formula is C16H17NO3. The molecule has 0 saturated carbocycles. The van der Waals surface area contributed by atoms with Crippen LogP contribution in [0.15, 0.2) is 36.4 Å². The second-order valence-corrected chi connectivity index (χ2v) is 5.02. The predicted molar refractivity (Wildman–Crippen MR) is 77.6 cm³/mol. The molecule has 104 valence electrons. The number of rotatable bonds is 3. The SMILES string of the molecule is Nc1cc2ccccc2cc1C(=O)OCC1CCCO1. The van der Waals surface area contributed by atoms with E-state index in [0.29, 0.717) is 17.9 Å². The van der Waals surface area contributed by atoms with Crippen LogP contribution in [0.4, 0.5) is 5.69 Å². The highest BCUT2D eigenvalue weighted by Crippen LogP contribution is 2.23. The van der Waals surface area contributed by atoms with Gasteiger partial charge in [0.1, 0.15) is 6.61 Å². The predicted octanol–water partition coefficient (Wildman–Crippen LogP) is 2.76. The quantitative estimate of drug-likeness (QED) is 0.688. The third-order valence-corrected chi connectivity index (χ3v) is 3.56. The minimum atomic E-state index is -0.385. The minimum absolute atomic E-state index is 0.0284. The number of carbonyl (C=O) groups excluding carboxylic acids is 1. The second-order valence-electron chi connectivity index (χ2n) is 5.02. The average molecular weight is 271 g/mol. The largest absolute Gasteiger partial charge is 0.459 e. The zero-order chi connectivity index (χ0) is 13.9. The van der Waals surface area contributed by atoms with E-state index < -0.39 is 0 Å². The van der Waals surface area contributed by atoms with Gasteiger partial charge in [0, 0.05) is 12.3 Å². The van der Waals surface area contributed by atoms with Gasteiger partial charge in [0.05, 0.1) is 11.7 Å². The number of benzene rings is 2. The summed E-state index contributed by atoms with van der Waals surface area (Å²) in [5.74, 6) is -0.385. The topological polar surface area (TPSA) is 61.6 Å². The number of esters is 1. The summed E-state index contributed by atoms with van der Waals surface area (Å²) in [4.78, 5) is 12.1. The molecule has 1 unspecified atom stereocenters. The Hall–Kier alpha value is -2.07. The van der Waals surface area contributed by atoms with Crippen molar-refractivity contribution < 1.29 is 14.3 Å². The minimum Gasteiger partial charge on any atom is -0.459 e. The fourth-order valence-electron chi connectivity index (χ4n) is 2.46. The smallest absolute Gasteiger partial charge is 0.340 e. The molecule has 4 nitrogen and oxygen atoms in total. The van der Waals surface area contributed by atoms with Gasteiger partial charge in [0.15, 0.2) is 0 Å². The van der Waals surface area contributed by atoms with Crippen molar-refractivity contribution in [3.8, 4) is 0 Å². The molecule has 0 bridgehead atoms. The first-order chi connectivity index (χ1) is 9.74. The van der Waals surface area contributed by atoms with Crippen molar-refractivity contribution in [1.29, 1.82) is 0 Å². The number of nitrogen functional groups attached to an aromatic ring is 1. The summed E-state index contributed by atoms with van der Waals surface area (Å²) in [6.45, 7) is 1.05. The summed E-state index contributed by atoms with van der Waals surface area (Å²) < 4.78 is 10.7. The van der Waals surface area contributed by atoms with Crippen molar-refractivity contribution in [2.45, 2.75) is 18.9 Å². The molecule has 0 radical (unpaired) electrons. The summed E-state index contributed by atoms with van der Waals surface area (Å²) >= 11 is 0. The van der Waals surface area contributed by atoms with Gasteiger partial charge in [-0.15, -0.1) is 0 Å². The molecule has 1 atom stereocenters. The van der Waals surface area contributed by atoms with Crippen LogP contribution in [0.3, 0.4) is 0 Å². The highest BCUT2D eigenvalue weighted by Gasteiger charge is 2.19. The van der Waals surface area contributed by atoms with Crippen molar-refractivity contribution >= 4 is 22.4 Å². The number of hydrogen-bond donors (Lipinski definition) is 1. The molecule has 0 aliphatic carbocycles. The van der Waals surface area contributed by atoms with Gasteiger partial charge in [-0.2, -0.15) is 0 Å². The lowest BCUT2D eigenvalue weighted by Crippen LogP contribution is -2.18. The molecule has 1 heterocycles. The molecule has 2 aromatic carbocycles. The maximum Gasteiger partial charge on any atom is 0.340 e. The Morgan fingerprint density at radius 1 is 1.30 bits per heavy atom. The number of nitrogens with two attached hydrogens (primary N) is 1. The first-order valence-electron chi connectivity index (χ1n) is 6.81. The molecule has 4 heteroatoms. The number of anilines is 1.